The van der Waals surface area contributed by atoms with Gasteiger partial charge in [-0.25, -0.2) is 4.98 Å². The first-order valence-electron chi connectivity index (χ1n) is 10.8. The van der Waals surface area contributed by atoms with E-state index in [0.717, 1.165) is 16.9 Å². The molecule has 0 bridgehead atoms. The molecule has 0 aliphatic rings. The van der Waals surface area contributed by atoms with Crippen LogP contribution in [0.25, 0.3) is 15.9 Å². The van der Waals surface area contributed by atoms with Crippen LogP contribution in [0, 0.1) is 6.92 Å². The average molecular weight is 500 g/mol. The maximum atomic E-state index is 13.7. The van der Waals surface area contributed by atoms with Crippen LogP contribution in [0.5, 0.6) is 5.75 Å². The van der Waals surface area contributed by atoms with E-state index in [-0.39, 0.29) is 29.2 Å². The lowest BCUT2D eigenvalue weighted by Gasteiger charge is -2.13. The van der Waals surface area contributed by atoms with Crippen LogP contribution in [0.3, 0.4) is 0 Å². The summed E-state index contributed by atoms with van der Waals surface area (Å²) in [7, 11) is 1.59. The van der Waals surface area contributed by atoms with E-state index < -0.39 is 0 Å². The predicted molar refractivity (Wildman–Crippen MR) is 134 cm³/mol. The number of nitrogens with one attached hydrogen (secondary N) is 1. The number of benzene rings is 1. The molecule has 0 saturated heterocycles. The maximum absolute atomic E-state index is 13.7. The van der Waals surface area contributed by atoms with Crippen LogP contribution >= 0.6 is 23.1 Å². The third-order valence-corrected chi connectivity index (χ3v) is 7.17. The Morgan fingerprint density at radius 3 is 2.62 bits per heavy atom. The molecule has 0 radical (unpaired) electrons. The third kappa shape index (κ3) is 4.71. The van der Waals surface area contributed by atoms with Crippen molar-refractivity contribution in [1.29, 1.82) is 0 Å². The summed E-state index contributed by atoms with van der Waals surface area (Å²) in [5.41, 5.74) is 1.50. The van der Waals surface area contributed by atoms with Crippen molar-refractivity contribution in [2.75, 3.05) is 18.2 Å². The number of carbonyl (C=O) groups excluding carboxylic acids is 1. The highest BCUT2D eigenvalue weighted by Crippen LogP contribution is 2.31. The number of aryl methyl sites for hydroxylation is 2. The number of hydrogen-bond acceptors (Lipinski definition) is 9. The fourth-order valence-corrected chi connectivity index (χ4v) is 5.45. The van der Waals surface area contributed by atoms with Crippen molar-refractivity contribution in [1.82, 2.24) is 19.7 Å². The minimum Gasteiger partial charge on any atom is -0.497 e. The summed E-state index contributed by atoms with van der Waals surface area (Å²) >= 11 is 2.66. The van der Waals surface area contributed by atoms with Crippen molar-refractivity contribution in [3.63, 3.8) is 0 Å². The molecule has 0 aliphatic heterocycles. The van der Waals surface area contributed by atoms with Crippen LogP contribution in [-0.4, -0.2) is 38.5 Å². The van der Waals surface area contributed by atoms with E-state index in [2.05, 4.69) is 15.5 Å². The van der Waals surface area contributed by atoms with Gasteiger partial charge in [0, 0.05) is 10.8 Å². The summed E-state index contributed by atoms with van der Waals surface area (Å²) in [6.07, 6.45) is 0.739. The first kappa shape index (κ1) is 24.0. The molecule has 1 amide bonds. The van der Waals surface area contributed by atoms with Gasteiger partial charge in [0.15, 0.2) is 5.16 Å². The van der Waals surface area contributed by atoms with E-state index in [9.17, 15) is 9.59 Å². The van der Waals surface area contributed by atoms with E-state index in [1.54, 1.807) is 35.9 Å². The monoisotopic (exact) mass is 499 g/mol. The second kappa shape index (κ2) is 9.98. The van der Waals surface area contributed by atoms with Crippen molar-refractivity contribution >= 4 is 45.2 Å². The van der Waals surface area contributed by atoms with Crippen LogP contribution in [0.15, 0.2) is 38.6 Å². The molecule has 0 atom stereocenters. The molecule has 178 valence electrons. The standard InChI is InChI=1S/C23H25N5O4S2/c1-6-16-13(4)34-20-18(16)21(30)28(14-7-9-15(31-5)10-8-14)23(25-20)33-11-17(29)24-22-27-26-19(32-22)12(2)3/h7-10,12H,6,11H2,1-5H3,(H,24,27,29). The molecule has 34 heavy (non-hydrogen) atoms. The van der Waals surface area contributed by atoms with Crippen LogP contribution in [0.4, 0.5) is 6.01 Å². The topological polar surface area (TPSA) is 112 Å². The molecule has 3 aromatic heterocycles. The molecule has 9 nitrogen and oxygen atoms in total. The Hall–Kier alpha value is -3.18. The Balaban J connectivity index is 1.68. The first-order chi connectivity index (χ1) is 16.3. The molecule has 1 aromatic carbocycles. The van der Waals surface area contributed by atoms with Gasteiger partial charge in [0.2, 0.25) is 11.8 Å². The quantitative estimate of drug-likeness (QED) is 0.277. The number of aromatic nitrogens is 4. The van der Waals surface area contributed by atoms with Gasteiger partial charge in [0.1, 0.15) is 10.6 Å². The molecule has 0 spiro atoms. The number of thioether (sulfide) groups is 1. The first-order valence-corrected chi connectivity index (χ1v) is 12.6. The number of thiophene rings is 1. The zero-order valence-electron chi connectivity index (χ0n) is 19.5. The highest BCUT2D eigenvalue weighted by atomic mass is 32.2. The number of rotatable bonds is 8. The largest absolute Gasteiger partial charge is 0.497 e. The maximum Gasteiger partial charge on any atom is 0.322 e. The van der Waals surface area contributed by atoms with Gasteiger partial charge < -0.3 is 9.15 Å². The fourth-order valence-electron chi connectivity index (χ4n) is 3.48. The SMILES string of the molecule is CCc1c(C)sc2nc(SCC(=O)Nc3nnc(C(C)C)o3)n(-c3ccc(OC)cc3)c(=O)c12. The van der Waals surface area contributed by atoms with Crippen molar-refractivity contribution < 1.29 is 13.9 Å². The summed E-state index contributed by atoms with van der Waals surface area (Å²) in [4.78, 5) is 32.7. The Kier molecular flexibility index (Phi) is 7.03. The zero-order chi connectivity index (χ0) is 24.4. The molecule has 4 aromatic rings. The second-order valence-corrected chi connectivity index (χ2v) is 9.99. The Morgan fingerprint density at radius 2 is 2.00 bits per heavy atom. The predicted octanol–water partition coefficient (Wildman–Crippen LogP) is 4.56. The van der Waals surface area contributed by atoms with Crippen molar-refractivity contribution in [3.8, 4) is 11.4 Å². The number of nitrogens with zero attached hydrogens (tertiary/aromatic N) is 4. The molecular weight excluding hydrogens is 474 g/mol. The highest BCUT2D eigenvalue weighted by Gasteiger charge is 2.20. The van der Waals surface area contributed by atoms with Gasteiger partial charge in [-0.1, -0.05) is 37.6 Å². The number of fused-ring (bicyclic) bond motifs is 1. The van der Waals surface area contributed by atoms with Gasteiger partial charge in [-0.3, -0.25) is 19.5 Å². The van der Waals surface area contributed by atoms with Gasteiger partial charge in [-0.15, -0.1) is 16.4 Å². The summed E-state index contributed by atoms with van der Waals surface area (Å²) in [5.74, 6) is 0.864. The van der Waals surface area contributed by atoms with E-state index >= 15 is 0 Å². The van der Waals surface area contributed by atoms with E-state index in [4.69, 9.17) is 14.1 Å². The zero-order valence-corrected chi connectivity index (χ0v) is 21.2. The van der Waals surface area contributed by atoms with Gasteiger partial charge in [0.25, 0.3) is 5.56 Å². The molecule has 0 unspecified atom stereocenters. The highest BCUT2D eigenvalue weighted by molar-refractivity contribution is 7.99. The van der Waals surface area contributed by atoms with Crippen LogP contribution in [0.2, 0.25) is 0 Å². The summed E-state index contributed by atoms with van der Waals surface area (Å²) in [6, 6.07) is 7.22. The minimum absolute atomic E-state index is 0.0124. The molecule has 0 saturated carbocycles. The lowest BCUT2D eigenvalue weighted by molar-refractivity contribution is -0.113. The number of methoxy groups -OCH3 is 1. The lowest BCUT2D eigenvalue weighted by atomic mass is 10.1. The molecule has 1 N–H and O–H groups in total. The van der Waals surface area contributed by atoms with Crippen LogP contribution in [-0.2, 0) is 11.2 Å². The van der Waals surface area contributed by atoms with E-state index in [0.29, 0.717) is 32.7 Å². The third-order valence-electron chi connectivity index (χ3n) is 5.19. The Labute approximate surface area is 204 Å². The van der Waals surface area contributed by atoms with Gasteiger partial charge in [-0.2, -0.15) is 0 Å². The molecule has 4 rings (SSSR count). The van der Waals surface area contributed by atoms with Crippen molar-refractivity contribution in [2.45, 2.75) is 45.2 Å². The molecule has 0 fully saturated rings. The van der Waals surface area contributed by atoms with Gasteiger partial charge >= 0.3 is 6.01 Å². The Morgan fingerprint density at radius 1 is 1.26 bits per heavy atom. The van der Waals surface area contributed by atoms with Crippen LogP contribution in [0.1, 0.15) is 43.0 Å². The number of anilines is 1. The molecule has 0 aliphatic carbocycles. The number of hydrogen-bond donors (Lipinski definition) is 1. The normalized spacial score (nSPS) is 11.4. The summed E-state index contributed by atoms with van der Waals surface area (Å²) in [5, 5.41) is 11.4. The smallest absolute Gasteiger partial charge is 0.322 e. The summed E-state index contributed by atoms with van der Waals surface area (Å²) < 4.78 is 12.2. The number of ether oxygens (including phenoxy) is 1. The average Bonchev–Trinajstić information content (AvgIpc) is 3.41. The number of carbonyl (C=O) groups is 1. The lowest BCUT2D eigenvalue weighted by Crippen LogP contribution is -2.23. The van der Waals surface area contributed by atoms with E-state index in [1.165, 1.54) is 23.1 Å². The molecule has 11 heteroatoms. The minimum atomic E-state index is -0.337. The molecule has 3 heterocycles. The van der Waals surface area contributed by atoms with Crippen LogP contribution < -0.4 is 15.6 Å². The second-order valence-electron chi connectivity index (χ2n) is 7.84. The fraction of sp³-hybridized carbons (Fsp3) is 0.348. The summed E-state index contributed by atoms with van der Waals surface area (Å²) in [6.45, 7) is 7.87. The molecular formula is C23H25N5O4S2. The number of amides is 1. The Bertz CT molecular complexity index is 1390. The van der Waals surface area contributed by atoms with Gasteiger partial charge in [-0.05, 0) is 43.2 Å². The van der Waals surface area contributed by atoms with Crippen molar-refractivity contribution in [2.24, 2.45) is 0 Å². The van der Waals surface area contributed by atoms with Gasteiger partial charge in [0.05, 0.1) is 23.9 Å². The van der Waals surface area contributed by atoms with E-state index in [1.807, 2.05) is 27.7 Å². The van der Waals surface area contributed by atoms with Crippen molar-refractivity contribution in [3.05, 3.63) is 51.0 Å².